The maximum Gasteiger partial charge on any atom is 0.285 e. The first kappa shape index (κ1) is 15.6. The zero-order valence-corrected chi connectivity index (χ0v) is 11.5. The number of rotatable bonds is 6. The summed E-state index contributed by atoms with van der Waals surface area (Å²) < 4.78 is 1.04. The van der Waals surface area contributed by atoms with E-state index in [1.807, 2.05) is 6.92 Å². The number of nitro groups is 1. The topological polar surface area (TPSA) is 85.4 Å². The molecule has 7 nitrogen and oxygen atoms in total. The first-order valence-corrected chi connectivity index (χ1v) is 6.12. The molecule has 0 aromatic carbocycles. The molecule has 0 N–H and O–H groups in total. The summed E-state index contributed by atoms with van der Waals surface area (Å²) in [6, 6.07) is 2.20. The highest BCUT2D eigenvalue weighted by atomic mass is 16.6. The highest BCUT2D eigenvalue weighted by Gasteiger charge is 2.15. The van der Waals surface area contributed by atoms with Crippen molar-refractivity contribution in [3.63, 3.8) is 0 Å². The van der Waals surface area contributed by atoms with Gasteiger partial charge in [-0.1, -0.05) is 12.2 Å². The van der Waals surface area contributed by atoms with Gasteiger partial charge >= 0.3 is 0 Å². The Morgan fingerprint density at radius 2 is 2.15 bits per heavy atom. The van der Waals surface area contributed by atoms with Gasteiger partial charge in [-0.2, -0.15) is 0 Å². The summed E-state index contributed by atoms with van der Waals surface area (Å²) in [5.41, 5.74) is 0.155. The van der Waals surface area contributed by atoms with Gasteiger partial charge in [0.15, 0.2) is 0 Å². The van der Waals surface area contributed by atoms with Crippen LogP contribution in [0, 0.1) is 10.1 Å². The van der Waals surface area contributed by atoms with Crippen LogP contribution < -0.4 is 5.56 Å². The van der Waals surface area contributed by atoms with Crippen LogP contribution in [0.15, 0.2) is 35.3 Å². The number of nitrogens with zero attached hydrogens (tertiary/aromatic N) is 3. The summed E-state index contributed by atoms with van der Waals surface area (Å²) in [5.74, 6) is -0.280. The molecule has 0 aliphatic rings. The molecule has 108 valence electrons. The zero-order chi connectivity index (χ0) is 15.3. The number of carbonyl (C=O) groups is 1. The Morgan fingerprint density at radius 1 is 1.50 bits per heavy atom. The van der Waals surface area contributed by atoms with Gasteiger partial charge in [0.25, 0.3) is 11.2 Å². The second-order valence-electron chi connectivity index (χ2n) is 4.48. The van der Waals surface area contributed by atoms with E-state index in [9.17, 15) is 19.7 Å². The average molecular weight is 279 g/mol. The Kier molecular flexibility index (Phi) is 5.19. The molecule has 7 heteroatoms. The molecule has 0 atom stereocenters. The van der Waals surface area contributed by atoms with E-state index in [4.69, 9.17) is 0 Å². The lowest BCUT2D eigenvalue weighted by atomic mass is 10.3. The van der Waals surface area contributed by atoms with Crippen molar-refractivity contribution in [3.8, 4) is 0 Å². The molecule has 1 amide bonds. The van der Waals surface area contributed by atoms with E-state index in [1.165, 1.54) is 4.90 Å². The average Bonchev–Trinajstić information content (AvgIpc) is 2.37. The van der Waals surface area contributed by atoms with Crippen LogP contribution in [0.1, 0.15) is 13.8 Å². The number of pyridine rings is 1. The lowest BCUT2D eigenvalue weighted by molar-refractivity contribution is -0.385. The van der Waals surface area contributed by atoms with Gasteiger partial charge in [0, 0.05) is 25.2 Å². The van der Waals surface area contributed by atoms with Gasteiger partial charge < -0.3 is 4.90 Å². The Hall–Kier alpha value is -2.44. The molecule has 0 radical (unpaired) electrons. The molecule has 1 aromatic heterocycles. The SMILES string of the molecule is C=C(C)CN(CC)C(=O)Cn1cc([N+](=O)[O-])ccc1=O. The lowest BCUT2D eigenvalue weighted by Gasteiger charge is -2.21. The third kappa shape index (κ3) is 4.04. The minimum absolute atomic E-state index is 0.221. The number of hydrogen-bond acceptors (Lipinski definition) is 4. The van der Waals surface area contributed by atoms with Gasteiger partial charge in [0.2, 0.25) is 5.91 Å². The van der Waals surface area contributed by atoms with Gasteiger partial charge in [0.05, 0.1) is 11.1 Å². The summed E-state index contributed by atoms with van der Waals surface area (Å²) in [6.07, 6.45) is 1.08. The fraction of sp³-hybridized carbons (Fsp3) is 0.385. The van der Waals surface area contributed by atoms with Gasteiger partial charge in [0.1, 0.15) is 6.54 Å². The summed E-state index contributed by atoms with van der Waals surface area (Å²) in [5, 5.41) is 10.7. The van der Waals surface area contributed by atoms with Crippen LogP contribution in [0.25, 0.3) is 0 Å². The van der Waals surface area contributed by atoms with E-state index >= 15 is 0 Å². The van der Waals surface area contributed by atoms with Crippen molar-refractivity contribution in [2.75, 3.05) is 13.1 Å². The molecule has 0 aliphatic heterocycles. The van der Waals surface area contributed by atoms with Crippen LogP contribution in [0.5, 0.6) is 0 Å². The lowest BCUT2D eigenvalue weighted by Crippen LogP contribution is -2.37. The molecular formula is C13H17N3O4. The number of hydrogen-bond donors (Lipinski definition) is 0. The molecular weight excluding hydrogens is 262 g/mol. The van der Waals surface area contributed by atoms with E-state index in [-0.39, 0.29) is 18.1 Å². The standard InChI is InChI=1S/C13H17N3O4/c1-4-14(7-10(2)3)13(18)9-15-8-11(16(19)20)5-6-12(15)17/h5-6,8H,2,4,7,9H2,1,3H3. The minimum atomic E-state index is -0.605. The van der Waals surface area contributed by atoms with Crippen molar-refractivity contribution in [1.82, 2.24) is 9.47 Å². The van der Waals surface area contributed by atoms with Gasteiger partial charge in [-0.05, 0) is 13.8 Å². The van der Waals surface area contributed by atoms with Crippen LogP contribution >= 0.6 is 0 Å². The molecule has 0 saturated heterocycles. The monoisotopic (exact) mass is 279 g/mol. The van der Waals surface area contributed by atoms with Gasteiger partial charge in [-0.25, -0.2) is 0 Å². The zero-order valence-electron chi connectivity index (χ0n) is 11.5. The van der Waals surface area contributed by atoms with Crippen molar-refractivity contribution in [2.45, 2.75) is 20.4 Å². The first-order chi connectivity index (χ1) is 9.35. The van der Waals surface area contributed by atoms with Crippen molar-refractivity contribution < 1.29 is 9.72 Å². The molecule has 0 saturated carbocycles. The smallest absolute Gasteiger partial charge is 0.285 e. The Morgan fingerprint density at radius 3 is 2.65 bits per heavy atom. The molecule has 1 heterocycles. The number of likely N-dealkylation sites (N-methyl/N-ethyl adjacent to an activating group) is 1. The summed E-state index contributed by atoms with van der Waals surface area (Å²) in [7, 11) is 0. The normalized spacial score (nSPS) is 10.1. The van der Waals surface area contributed by atoms with Crippen LogP contribution in [0.3, 0.4) is 0 Å². The van der Waals surface area contributed by atoms with E-state index in [0.717, 1.165) is 28.5 Å². The summed E-state index contributed by atoms with van der Waals surface area (Å²) in [6.45, 7) is 8.02. The number of amides is 1. The molecule has 0 fully saturated rings. The van der Waals surface area contributed by atoms with Gasteiger partial charge in [-0.3, -0.25) is 24.3 Å². The van der Waals surface area contributed by atoms with E-state index in [0.29, 0.717) is 13.1 Å². The largest absolute Gasteiger partial charge is 0.337 e. The highest BCUT2D eigenvalue weighted by molar-refractivity contribution is 5.76. The highest BCUT2D eigenvalue weighted by Crippen LogP contribution is 2.07. The second kappa shape index (κ2) is 6.65. The Balaban J connectivity index is 2.94. The van der Waals surface area contributed by atoms with Crippen LogP contribution in [0.2, 0.25) is 0 Å². The molecule has 0 unspecified atom stereocenters. The van der Waals surface area contributed by atoms with Crippen molar-refractivity contribution >= 4 is 11.6 Å². The summed E-state index contributed by atoms with van der Waals surface area (Å²) >= 11 is 0. The number of carbonyl (C=O) groups excluding carboxylic acids is 1. The first-order valence-electron chi connectivity index (χ1n) is 6.12. The van der Waals surface area contributed by atoms with Gasteiger partial charge in [-0.15, -0.1) is 0 Å². The molecule has 0 aliphatic carbocycles. The Bertz CT molecular complexity index is 592. The quantitative estimate of drug-likeness (QED) is 0.444. The fourth-order valence-electron chi connectivity index (χ4n) is 1.70. The Labute approximate surface area is 116 Å². The third-order valence-electron chi connectivity index (χ3n) is 2.68. The fourth-order valence-corrected chi connectivity index (χ4v) is 1.70. The number of aromatic nitrogens is 1. The second-order valence-corrected chi connectivity index (χ2v) is 4.48. The van der Waals surface area contributed by atoms with Crippen molar-refractivity contribution in [2.24, 2.45) is 0 Å². The van der Waals surface area contributed by atoms with Crippen LogP contribution in [-0.4, -0.2) is 33.4 Å². The van der Waals surface area contributed by atoms with E-state index < -0.39 is 10.5 Å². The van der Waals surface area contributed by atoms with Crippen LogP contribution in [0.4, 0.5) is 5.69 Å². The third-order valence-corrected chi connectivity index (χ3v) is 2.68. The van der Waals surface area contributed by atoms with E-state index in [1.54, 1.807) is 6.92 Å². The maximum absolute atomic E-state index is 12.1. The maximum atomic E-state index is 12.1. The predicted molar refractivity (Wildman–Crippen MR) is 74.4 cm³/mol. The molecule has 20 heavy (non-hydrogen) atoms. The minimum Gasteiger partial charge on any atom is -0.337 e. The van der Waals surface area contributed by atoms with E-state index in [2.05, 4.69) is 6.58 Å². The molecule has 1 rings (SSSR count). The summed E-state index contributed by atoms with van der Waals surface area (Å²) in [4.78, 5) is 35.3. The predicted octanol–water partition coefficient (Wildman–Crippen LogP) is 1.18. The molecule has 0 spiro atoms. The van der Waals surface area contributed by atoms with Crippen molar-refractivity contribution in [1.29, 1.82) is 0 Å². The molecule has 1 aromatic rings. The van der Waals surface area contributed by atoms with Crippen LogP contribution in [-0.2, 0) is 11.3 Å². The van der Waals surface area contributed by atoms with Crippen molar-refractivity contribution in [3.05, 3.63) is 50.9 Å². The molecule has 0 bridgehead atoms.